The Bertz CT molecular complexity index is 242. The summed E-state index contributed by atoms with van der Waals surface area (Å²) in [6, 6.07) is 0. The van der Waals surface area contributed by atoms with E-state index < -0.39 is 30.8 Å². The van der Waals surface area contributed by atoms with Crippen LogP contribution < -0.4 is 10.6 Å². The van der Waals surface area contributed by atoms with Gasteiger partial charge in [0, 0.05) is 13.1 Å². The maximum absolute atomic E-state index is 12.5. The number of halogens is 2. The first kappa shape index (κ1) is 16.1. The van der Waals surface area contributed by atoms with Crippen LogP contribution in [0.15, 0.2) is 0 Å². The highest BCUT2D eigenvalue weighted by Crippen LogP contribution is 2.09. The van der Waals surface area contributed by atoms with E-state index in [4.69, 9.17) is 9.84 Å². The number of amides is 1. The highest BCUT2D eigenvalue weighted by molar-refractivity contribution is 5.67. The molecule has 3 N–H and O–H groups in total. The average Bonchev–Trinajstić information content (AvgIpc) is 2.14. The van der Waals surface area contributed by atoms with E-state index in [9.17, 15) is 13.6 Å². The van der Waals surface area contributed by atoms with Crippen molar-refractivity contribution in [2.75, 3.05) is 26.2 Å². The maximum atomic E-state index is 12.5. The first-order valence-electron chi connectivity index (χ1n) is 5.32. The van der Waals surface area contributed by atoms with Gasteiger partial charge in [-0.3, -0.25) is 0 Å². The second kappa shape index (κ2) is 6.70. The minimum atomic E-state index is -3.13. The zero-order valence-electron chi connectivity index (χ0n) is 10.3. The Kier molecular flexibility index (Phi) is 6.33. The fraction of sp³-hybridized carbons (Fsp3) is 0.900. The van der Waals surface area contributed by atoms with Gasteiger partial charge in [-0.25, -0.2) is 13.6 Å². The van der Waals surface area contributed by atoms with Crippen molar-refractivity contribution < 1.29 is 23.4 Å². The first-order chi connectivity index (χ1) is 7.66. The Labute approximate surface area is 99.5 Å². The van der Waals surface area contributed by atoms with Gasteiger partial charge in [-0.05, 0) is 20.8 Å². The number of rotatable bonds is 6. The summed E-state index contributed by atoms with van der Waals surface area (Å²) in [6.07, 6.45) is -0.590. The minimum absolute atomic E-state index is 0.175. The molecule has 1 amide bonds. The van der Waals surface area contributed by atoms with Crippen LogP contribution in [-0.4, -0.2) is 49.0 Å². The molecule has 0 spiro atoms. The van der Waals surface area contributed by atoms with E-state index in [1.807, 2.05) is 0 Å². The van der Waals surface area contributed by atoms with Gasteiger partial charge in [-0.2, -0.15) is 0 Å². The van der Waals surface area contributed by atoms with Crippen molar-refractivity contribution in [2.45, 2.75) is 32.3 Å². The van der Waals surface area contributed by atoms with E-state index in [2.05, 4.69) is 10.6 Å². The summed E-state index contributed by atoms with van der Waals surface area (Å²) in [5.74, 6) is -3.13. The van der Waals surface area contributed by atoms with Crippen LogP contribution in [0, 0.1) is 0 Å². The van der Waals surface area contributed by atoms with E-state index in [-0.39, 0.29) is 13.1 Å². The Morgan fingerprint density at radius 2 is 1.88 bits per heavy atom. The van der Waals surface area contributed by atoms with Crippen LogP contribution in [0.2, 0.25) is 0 Å². The number of nitrogens with one attached hydrogen (secondary N) is 2. The molecule has 5 nitrogen and oxygen atoms in total. The zero-order valence-corrected chi connectivity index (χ0v) is 10.3. The lowest BCUT2D eigenvalue weighted by atomic mass is 10.2. The Morgan fingerprint density at radius 3 is 2.35 bits per heavy atom. The van der Waals surface area contributed by atoms with Crippen LogP contribution >= 0.6 is 0 Å². The number of aliphatic hydroxyl groups is 1. The van der Waals surface area contributed by atoms with Crippen LogP contribution in [0.4, 0.5) is 13.6 Å². The highest BCUT2D eigenvalue weighted by atomic mass is 19.3. The summed E-state index contributed by atoms with van der Waals surface area (Å²) < 4.78 is 30.0. The van der Waals surface area contributed by atoms with Crippen molar-refractivity contribution >= 4 is 6.09 Å². The third kappa shape index (κ3) is 9.95. The van der Waals surface area contributed by atoms with Crippen molar-refractivity contribution in [1.82, 2.24) is 10.6 Å². The van der Waals surface area contributed by atoms with E-state index >= 15 is 0 Å². The molecule has 0 aromatic rings. The average molecular weight is 254 g/mol. The van der Waals surface area contributed by atoms with E-state index in [0.717, 1.165) is 0 Å². The lowest BCUT2D eigenvalue weighted by Crippen LogP contribution is -2.40. The summed E-state index contributed by atoms with van der Waals surface area (Å²) in [7, 11) is 0. The van der Waals surface area contributed by atoms with Crippen LogP contribution in [-0.2, 0) is 4.74 Å². The number of alkyl carbamates (subject to hydrolysis) is 1. The molecular weight excluding hydrogens is 234 g/mol. The number of ether oxygens (including phenoxy) is 1. The van der Waals surface area contributed by atoms with Gasteiger partial charge in [0.15, 0.2) is 0 Å². The number of carbonyl (C=O) groups is 1. The van der Waals surface area contributed by atoms with Crippen molar-refractivity contribution in [1.29, 1.82) is 0 Å². The zero-order chi connectivity index (χ0) is 13.5. The topological polar surface area (TPSA) is 70.6 Å². The lowest BCUT2D eigenvalue weighted by molar-refractivity contribution is -0.0473. The minimum Gasteiger partial charge on any atom is -0.444 e. The molecule has 0 aliphatic heterocycles. The second-order valence-electron chi connectivity index (χ2n) is 4.62. The molecule has 0 radical (unpaired) electrons. The molecule has 0 aliphatic rings. The number of hydrogen-bond acceptors (Lipinski definition) is 4. The van der Waals surface area contributed by atoms with Crippen LogP contribution in [0.5, 0.6) is 0 Å². The molecule has 0 aliphatic carbocycles. The fourth-order valence-electron chi connectivity index (χ4n) is 0.894. The monoisotopic (exact) mass is 254 g/mol. The molecule has 102 valence electrons. The SMILES string of the molecule is CC(C)(C)OC(=O)NCCNCC(F)(F)CO. The normalized spacial score (nSPS) is 12.4. The van der Waals surface area contributed by atoms with Crippen molar-refractivity contribution in [3.63, 3.8) is 0 Å². The van der Waals surface area contributed by atoms with Gasteiger partial charge in [-0.15, -0.1) is 0 Å². The summed E-state index contributed by atoms with van der Waals surface area (Å²) in [6.45, 7) is 3.72. The first-order valence-corrected chi connectivity index (χ1v) is 5.32. The largest absolute Gasteiger partial charge is 0.444 e. The number of alkyl halides is 2. The van der Waals surface area contributed by atoms with Gasteiger partial charge in [0.2, 0.25) is 0 Å². The van der Waals surface area contributed by atoms with Gasteiger partial charge >= 0.3 is 6.09 Å². The van der Waals surface area contributed by atoms with Gasteiger partial charge in [0.05, 0.1) is 6.54 Å². The Hall–Kier alpha value is -0.950. The smallest absolute Gasteiger partial charge is 0.407 e. The molecule has 0 aromatic carbocycles. The second-order valence-corrected chi connectivity index (χ2v) is 4.62. The molecule has 0 unspecified atom stereocenters. The molecule has 0 atom stereocenters. The molecule has 0 bridgehead atoms. The van der Waals surface area contributed by atoms with Crippen LogP contribution in [0.3, 0.4) is 0 Å². The number of hydrogen-bond donors (Lipinski definition) is 3. The molecule has 0 aromatic heterocycles. The molecule has 0 saturated carbocycles. The van der Waals surface area contributed by atoms with Crippen molar-refractivity contribution in [2.24, 2.45) is 0 Å². The highest BCUT2D eigenvalue weighted by Gasteiger charge is 2.26. The summed E-state index contributed by atoms with van der Waals surface area (Å²) in [5.41, 5.74) is -0.582. The lowest BCUT2D eigenvalue weighted by Gasteiger charge is -2.20. The summed E-state index contributed by atoms with van der Waals surface area (Å²) in [4.78, 5) is 11.1. The molecule has 0 fully saturated rings. The van der Waals surface area contributed by atoms with Gasteiger partial charge in [-0.1, -0.05) is 0 Å². The molecule has 7 heteroatoms. The van der Waals surface area contributed by atoms with Gasteiger partial charge in [0.1, 0.15) is 12.2 Å². The molecule has 17 heavy (non-hydrogen) atoms. The Morgan fingerprint density at radius 1 is 1.29 bits per heavy atom. The van der Waals surface area contributed by atoms with E-state index in [0.29, 0.717) is 0 Å². The summed E-state index contributed by atoms with van der Waals surface area (Å²) in [5, 5.41) is 13.1. The number of aliphatic hydroxyl groups excluding tert-OH is 1. The third-order valence-electron chi connectivity index (χ3n) is 1.58. The Balaban J connectivity index is 3.56. The maximum Gasteiger partial charge on any atom is 0.407 e. The predicted octanol–water partition coefficient (Wildman–Crippen LogP) is 0.728. The molecular formula is C10H20F2N2O3. The molecule has 0 rings (SSSR count). The molecule has 0 saturated heterocycles. The summed E-state index contributed by atoms with van der Waals surface area (Å²) >= 11 is 0. The van der Waals surface area contributed by atoms with Crippen LogP contribution in [0.1, 0.15) is 20.8 Å². The number of carbonyl (C=O) groups excluding carboxylic acids is 1. The van der Waals surface area contributed by atoms with Gasteiger partial charge in [0.25, 0.3) is 5.92 Å². The fourth-order valence-corrected chi connectivity index (χ4v) is 0.894. The van der Waals surface area contributed by atoms with Crippen LogP contribution in [0.25, 0.3) is 0 Å². The van der Waals surface area contributed by atoms with Crippen molar-refractivity contribution in [3.8, 4) is 0 Å². The molecule has 0 heterocycles. The quantitative estimate of drug-likeness (QED) is 0.611. The standard InChI is InChI=1S/C10H20F2N2O3/c1-9(2,3)17-8(16)14-5-4-13-6-10(11,12)7-15/h13,15H,4-7H2,1-3H3,(H,14,16). The van der Waals surface area contributed by atoms with E-state index in [1.54, 1.807) is 20.8 Å². The van der Waals surface area contributed by atoms with E-state index in [1.165, 1.54) is 0 Å². The van der Waals surface area contributed by atoms with Gasteiger partial charge < -0.3 is 20.5 Å². The third-order valence-corrected chi connectivity index (χ3v) is 1.58. The predicted molar refractivity (Wildman–Crippen MR) is 59.1 cm³/mol. The van der Waals surface area contributed by atoms with Crippen molar-refractivity contribution in [3.05, 3.63) is 0 Å².